The molecule has 13 heavy (non-hydrogen) atoms. The number of carbonyl (C=O) groups excluding carboxylic acids is 1. The summed E-state index contributed by atoms with van der Waals surface area (Å²) < 4.78 is 0. The van der Waals surface area contributed by atoms with Crippen LogP contribution in [0, 0.1) is 10.1 Å². The fourth-order valence-electron chi connectivity index (χ4n) is 1.35. The number of carbonyl (C=O) groups is 1. The summed E-state index contributed by atoms with van der Waals surface area (Å²) in [6, 6.07) is 0. The van der Waals surface area contributed by atoms with E-state index < -0.39 is 10.3 Å². The molecule has 0 unspecified atom stereocenters. The van der Waals surface area contributed by atoms with E-state index in [1.54, 1.807) is 0 Å². The highest BCUT2D eigenvalue weighted by molar-refractivity contribution is 5.74. The maximum atomic E-state index is 10.7. The van der Waals surface area contributed by atoms with Crippen LogP contribution in [0.15, 0.2) is 6.20 Å². The Morgan fingerprint density at radius 1 is 1.69 bits per heavy atom. The maximum absolute atomic E-state index is 10.7. The van der Waals surface area contributed by atoms with Gasteiger partial charge in [0.2, 0.25) is 0 Å². The van der Waals surface area contributed by atoms with Gasteiger partial charge >= 0.3 is 5.69 Å². The minimum atomic E-state index is -0.654. The molecule has 1 aromatic rings. The molecule has 1 aromatic heterocycles. The first kappa shape index (κ1) is 7.90. The van der Waals surface area contributed by atoms with E-state index in [0.29, 0.717) is 18.5 Å². The Kier molecular flexibility index (Phi) is 1.45. The van der Waals surface area contributed by atoms with Gasteiger partial charge in [-0.2, -0.15) is 5.10 Å². The van der Waals surface area contributed by atoms with Crippen molar-refractivity contribution in [2.45, 2.75) is 18.3 Å². The molecule has 0 spiro atoms. The van der Waals surface area contributed by atoms with Crippen molar-refractivity contribution >= 4 is 12.0 Å². The Bertz CT molecular complexity index is 367. The first-order valence-corrected chi connectivity index (χ1v) is 3.84. The molecule has 0 aromatic carbocycles. The summed E-state index contributed by atoms with van der Waals surface area (Å²) in [7, 11) is 0. The standard InChI is InChI=1S/C7H7N3O3/c11-4-7(1-2-7)6-5(10(12)13)3-8-9-6/h3-4H,1-2H2,(H,8,9). The summed E-state index contributed by atoms with van der Waals surface area (Å²) >= 11 is 0. The van der Waals surface area contributed by atoms with Gasteiger partial charge < -0.3 is 4.79 Å². The first-order valence-electron chi connectivity index (χ1n) is 3.84. The number of hydrogen-bond donors (Lipinski definition) is 1. The lowest BCUT2D eigenvalue weighted by molar-refractivity contribution is -0.385. The van der Waals surface area contributed by atoms with Gasteiger partial charge in [-0.25, -0.2) is 0 Å². The second-order valence-corrected chi connectivity index (χ2v) is 3.16. The van der Waals surface area contributed by atoms with Gasteiger partial charge in [0, 0.05) is 0 Å². The Morgan fingerprint density at radius 2 is 2.38 bits per heavy atom. The lowest BCUT2D eigenvalue weighted by Crippen LogP contribution is -2.10. The number of nitro groups is 1. The van der Waals surface area contributed by atoms with Crippen LogP contribution < -0.4 is 0 Å². The van der Waals surface area contributed by atoms with Crippen LogP contribution in [0.4, 0.5) is 5.69 Å². The van der Waals surface area contributed by atoms with E-state index in [1.807, 2.05) is 0 Å². The zero-order chi connectivity index (χ0) is 9.47. The van der Waals surface area contributed by atoms with Crippen LogP contribution in [0.1, 0.15) is 18.5 Å². The van der Waals surface area contributed by atoms with Crippen LogP contribution in [0.2, 0.25) is 0 Å². The molecule has 0 radical (unpaired) electrons. The molecule has 2 rings (SSSR count). The topological polar surface area (TPSA) is 88.9 Å². The third-order valence-corrected chi connectivity index (χ3v) is 2.33. The smallest absolute Gasteiger partial charge is 0.302 e. The molecule has 6 nitrogen and oxygen atoms in total. The van der Waals surface area contributed by atoms with E-state index in [1.165, 1.54) is 0 Å². The quantitative estimate of drug-likeness (QED) is 0.419. The van der Waals surface area contributed by atoms with Crippen LogP contribution in [0.3, 0.4) is 0 Å². The highest BCUT2D eigenvalue weighted by Gasteiger charge is 2.49. The molecule has 1 aliphatic carbocycles. The van der Waals surface area contributed by atoms with Crippen LogP contribution in [-0.4, -0.2) is 21.4 Å². The number of aromatic amines is 1. The van der Waals surface area contributed by atoms with Gasteiger partial charge in [0.1, 0.15) is 18.2 Å². The highest BCUT2D eigenvalue weighted by atomic mass is 16.6. The number of nitrogens with zero attached hydrogens (tertiary/aromatic N) is 2. The molecule has 1 heterocycles. The van der Waals surface area contributed by atoms with Crippen molar-refractivity contribution in [3.05, 3.63) is 22.0 Å². The van der Waals surface area contributed by atoms with Gasteiger partial charge in [0.15, 0.2) is 0 Å². The van der Waals surface area contributed by atoms with E-state index in [4.69, 9.17) is 0 Å². The Balaban J connectivity index is 2.46. The number of nitrogens with one attached hydrogen (secondary N) is 1. The van der Waals surface area contributed by atoms with Gasteiger partial charge in [0.25, 0.3) is 0 Å². The van der Waals surface area contributed by atoms with Gasteiger partial charge in [-0.05, 0) is 12.8 Å². The van der Waals surface area contributed by atoms with Crippen molar-refractivity contribution in [2.24, 2.45) is 0 Å². The number of H-pyrrole nitrogens is 1. The van der Waals surface area contributed by atoms with Gasteiger partial charge in [0.05, 0.1) is 10.3 Å². The number of aromatic nitrogens is 2. The van der Waals surface area contributed by atoms with E-state index >= 15 is 0 Å². The second-order valence-electron chi connectivity index (χ2n) is 3.16. The Labute approximate surface area is 73.1 Å². The van der Waals surface area contributed by atoms with Gasteiger partial charge in [-0.15, -0.1) is 0 Å². The molecule has 0 saturated heterocycles. The Hall–Kier alpha value is -1.72. The van der Waals surface area contributed by atoms with Crippen LogP contribution >= 0.6 is 0 Å². The van der Waals surface area contributed by atoms with Gasteiger partial charge in [-0.3, -0.25) is 15.2 Å². The summed E-state index contributed by atoms with van der Waals surface area (Å²) in [5, 5.41) is 16.6. The molecule has 0 atom stereocenters. The minimum Gasteiger partial charge on any atom is -0.302 e. The van der Waals surface area contributed by atoms with E-state index in [2.05, 4.69) is 10.2 Å². The van der Waals surface area contributed by atoms with Crippen molar-refractivity contribution in [3.63, 3.8) is 0 Å². The highest BCUT2D eigenvalue weighted by Crippen LogP contribution is 2.48. The number of aldehydes is 1. The fourth-order valence-corrected chi connectivity index (χ4v) is 1.35. The normalized spacial score (nSPS) is 18.2. The molecule has 0 bridgehead atoms. The summed E-state index contributed by atoms with van der Waals surface area (Å²) in [6.45, 7) is 0. The fraction of sp³-hybridized carbons (Fsp3) is 0.429. The van der Waals surface area contributed by atoms with Crippen LogP contribution in [0.5, 0.6) is 0 Å². The second kappa shape index (κ2) is 2.38. The summed E-state index contributed by atoms with van der Waals surface area (Å²) in [6.07, 6.45) is 3.23. The lowest BCUT2D eigenvalue weighted by atomic mass is 10.0. The maximum Gasteiger partial charge on any atom is 0.310 e. The molecule has 0 aliphatic heterocycles. The molecule has 1 fully saturated rings. The number of rotatable bonds is 3. The van der Waals surface area contributed by atoms with Crippen molar-refractivity contribution in [1.82, 2.24) is 10.2 Å². The predicted octanol–water partition coefficient (Wildman–Crippen LogP) is 0.548. The van der Waals surface area contributed by atoms with E-state index in [-0.39, 0.29) is 5.69 Å². The molecule has 68 valence electrons. The Morgan fingerprint density at radius 3 is 2.85 bits per heavy atom. The van der Waals surface area contributed by atoms with Gasteiger partial charge in [-0.1, -0.05) is 0 Å². The van der Waals surface area contributed by atoms with Crippen molar-refractivity contribution in [2.75, 3.05) is 0 Å². The number of hydrogen-bond acceptors (Lipinski definition) is 4. The minimum absolute atomic E-state index is 0.0930. The summed E-state index contributed by atoms with van der Waals surface area (Å²) in [5.74, 6) is 0. The molecular formula is C7H7N3O3. The molecule has 1 saturated carbocycles. The van der Waals surface area contributed by atoms with Crippen LogP contribution in [0.25, 0.3) is 0 Å². The predicted molar refractivity (Wildman–Crippen MR) is 42.2 cm³/mol. The largest absolute Gasteiger partial charge is 0.310 e. The molecule has 1 aliphatic rings. The van der Waals surface area contributed by atoms with Crippen LogP contribution in [-0.2, 0) is 10.2 Å². The molecule has 0 amide bonds. The summed E-state index contributed by atoms with van der Waals surface area (Å²) in [4.78, 5) is 20.7. The summed E-state index contributed by atoms with van der Waals surface area (Å²) in [5.41, 5.74) is -0.407. The molecule has 6 heteroatoms. The third-order valence-electron chi connectivity index (χ3n) is 2.33. The molecular weight excluding hydrogens is 174 g/mol. The average Bonchev–Trinajstić information content (AvgIpc) is 2.74. The van der Waals surface area contributed by atoms with E-state index in [0.717, 1.165) is 12.5 Å². The third kappa shape index (κ3) is 1.02. The van der Waals surface area contributed by atoms with Crippen molar-refractivity contribution < 1.29 is 9.72 Å². The first-order chi connectivity index (χ1) is 6.19. The average molecular weight is 181 g/mol. The molecule has 1 N–H and O–H groups in total. The SMILES string of the molecule is O=CC1(c2[nH]ncc2[N+](=O)[O-])CC1. The van der Waals surface area contributed by atoms with Crippen molar-refractivity contribution in [1.29, 1.82) is 0 Å². The van der Waals surface area contributed by atoms with E-state index in [9.17, 15) is 14.9 Å². The lowest BCUT2D eigenvalue weighted by Gasteiger charge is -2.00. The zero-order valence-corrected chi connectivity index (χ0v) is 6.69. The zero-order valence-electron chi connectivity index (χ0n) is 6.69. The monoisotopic (exact) mass is 181 g/mol. The van der Waals surface area contributed by atoms with Crippen molar-refractivity contribution in [3.8, 4) is 0 Å².